The fourth-order valence-electron chi connectivity index (χ4n) is 4.85. The van der Waals surface area contributed by atoms with Crippen molar-refractivity contribution in [2.24, 2.45) is 0 Å². The first kappa shape index (κ1) is 27.3. The van der Waals surface area contributed by atoms with Crippen LogP contribution in [0.2, 0.25) is 0 Å². The minimum Gasteiger partial charge on any atom is -0.454 e. The normalized spacial score (nSPS) is 12.3. The summed E-state index contributed by atoms with van der Waals surface area (Å²) in [5.41, 5.74) is 2.41. The fourth-order valence-corrected chi connectivity index (χ4v) is 4.85. The Labute approximate surface area is 246 Å². The molecular weight excluding hydrogens is 546 g/mol. The van der Waals surface area contributed by atoms with Crippen LogP contribution in [0, 0.1) is 6.92 Å². The van der Waals surface area contributed by atoms with Crippen molar-refractivity contribution in [3.8, 4) is 5.75 Å². The van der Waals surface area contributed by atoms with Gasteiger partial charge in [-0.1, -0.05) is 54.1 Å². The molecule has 0 spiro atoms. The van der Waals surface area contributed by atoms with E-state index in [1.165, 1.54) is 42.5 Å². The molecule has 210 valence electrons. The standard InChI is InChI=1S/C35H23NO7/c1-21-9-11-24(12-10-21)35(41)43-26-16-13-23(14-17-26)31(37)20-42-34(40)25-15-18-28-29(19-25)33(39)36(32(28)38)30-8-4-6-22-5-2-3-7-27(22)30/h2-19H,20H2,1H3. The molecule has 8 nitrogen and oxygen atoms in total. The number of ether oxygens (including phenoxy) is 2. The van der Waals surface area contributed by atoms with Crippen molar-refractivity contribution in [2.75, 3.05) is 11.5 Å². The van der Waals surface area contributed by atoms with Crippen LogP contribution in [-0.4, -0.2) is 36.1 Å². The van der Waals surface area contributed by atoms with Crippen LogP contribution in [0.3, 0.4) is 0 Å². The third-order valence-corrected chi connectivity index (χ3v) is 7.14. The number of ketones is 1. The van der Waals surface area contributed by atoms with Crippen molar-refractivity contribution in [1.29, 1.82) is 0 Å². The van der Waals surface area contributed by atoms with E-state index in [9.17, 15) is 24.0 Å². The number of carbonyl (C=O) groups excluding carboxylic acids is 5. The maximum absolute atomic E-state index is 13.3. The Kier molecular flexibility index (Phi) is 7.09. The molecule has 0 aromatic heterocycles. The van der Waals surface area contributed by atoms with Crippen molar-refractivity contribution in [2.45, 2.75) is 6.92 Å². The highest BCUT2D eigenvalue weighted by Gasteiger charge is 2.38. The Morgan fingerprint density at radius 2 is 1.30 bits per heavy atom. The lowest BCUT2D eigenvalue weighted by atomic mass is 10.1. The number of fused-ring (bicyclic) bond motifs is 2. The number of benzene rings is 5. The molecule has 0 unspecified atom stereocenters. The first-order valence-corrected chi connectivity index (χ1v) is 13.4. The summed E-state index contributed by atoms with van der Waals surface area (Å²) < 4.78 is 10.6. The minimum absolute atomic E-state index is 0.0332. The molecule has 0 bridgehead atoms. The van der Waals surface area contributed by atoms with Crippen LogP contribution in [0.25, 0.3) is 10.8 Å². The summed E-state index contributed by atoms with van der Waals surface area (Å²) in [4.78, 5) is 65.4. The topological polar surface area (TPSA) is 107 Å². The average Bonchev–Trinajstić information content (AvgIpc) is 3.28. The lowest BCUT2D eigenvalue weighted by Crippen LogP contribution is -2.29. The van der Waals surface area contributed by atoms with Gasteiger partial charge in [0.25, 0.3) is 11.8 Å². The molecule has 5 aromatic carbocycles. The van der Waals surface area contributed by atoms with E-state index in [1.807, 2.05) is 37.3 Å². The zero-order chi connectivity index (χ0) is 30.1. The largest absolute Gasteiger partial charge is 0.454 e. The summed E-state index contributed by atoms with van der Waals surface area (Å²) in [5, 5.41) is 1.62. The molecule has 0 N–H and O–H groups in total. The summed E-state index contributed by atoms with van der Waals surface area (Å²) in [6.07, 6.45) is 0. The molecule has 0 atom stereocenters. The van der Waals surface area contributed by atoms with E-state index >= 15 is 0 Å². The van der Waals surface area contributed by atoms with E-state index in [0.717, 1.165) is 21.2 Å². The smallest absolute Gasteiger partial charge is 0.343 e. The van der Waals surface area contributed by atoms with Crippen molar-refractivity contribution in [1.82, 2.24) is 0 Å². The zero-order valence-electron chi connectivity index (χ0n) is 22.9. The van der Waals surface area contributed by atoms with E-state index in [4.69, 9.17) is 9.47 Å². The van der Waals surface area contributed by atoms with Crippen LogP contribution in [0.15, 0.2) is 109 Å². The third kappa shape index (κ3) is 5.29. The van der Waals surface area contributed by atoms with Gasteiger partial charge in [0.15, 0.2) is 12.4 Å². The van der Waals surface area contributed by atoms with Gasteiger partial charge in [0.1, 0.15) is 5.75 Å². The number of hydrogen-bond acceptors (Lipinski definition) is 7. The Morgan fingerprint density at radius 3 is 2.07 bits per heavy atom. The van der Waals surface area contributed by atoms with Gasteiger partial charge in [-0.15, -0.1) is 0 Å². The predicted octanol–water partition coefficient (Wildman–Crippen LogP) is 6.21. The number of amides is 2. The van der Waals surface area contributed by atoms with Gasteiger partial charge in [-0.25, -0.2) is 14.5 Å². The van der Waals surface area contributed by atoms with Gasteiger partial charge in [-0.2, -0.15) is 0 Å². The van der Waals surface area contributed by atoms with Crippen molar-refractivity contribution >= 4 is 46.0 Å². The zero-order valence-corrected chi connectivity index (χ0v) is 22.9. The predicted molar refractivity (Wildman–Crippen MR) is 159 cm³/mol. The molecule has 43 heavy (non-hydrogen) atoms. The van der Waals surface area contributed by atoms with E-state index in [1.54, 1.807) is 36.4 Å². The van der Waals surface area contributed by atoms with Gasteiger partial charge in [0.2, 0.25) is 0 Å². The molecular formula is C35H23NO7. The van der Waals surface area contributed by atoms with Crippen LogP contribution < -0.4 is 9.64 Å². The fraction of sp³-hybridized carbons (Fsp3) is 0.0571. The number of esters is 2. The van der Waals surface area contributed by atoms with E-state index in [2.05, 4.69) is 0 Å². The van der Waals surface area contributed by atoms with E-state index in [0.29, 0.717) is 11.3 Å². The number of rotatable bonds is 7. The molecule has 5 aromatic rings. The molecule has 1 heterocycles. The summed E-state index contributed by atoms with van der Waals surface area (Å²) in [5.74, 6) is -2.59. The van der Waals surface area contributed by atoms with Gasteiger partial charge in [-0.05, 0) is 73.0 Å². The van der Waals surface area contributed by atoms with Gasteiger partial charge in [-0.3, -0.25) is 14.4 Å². The summed E-state index contributed by atoms with van der Waals surface area (Å²) in [7, 11) is 0. The maximum Gasteiger partial charge on any atom is 0.343 e. The molecule has 0 saturated heterocycles. The van der Waals surface area contributed by atoms with Crippen LogP contribution in [0.5, 0.6) is 5.75 Å². The van der Waals surface area contributed by atoms with Crippen LogP contribution >= 0.6 is 0 Å². The Morgan fingerprint density at radius 1 is 0.651 bits per heavy atom. The van der Waals surface area contributed by atoms with Crippen molar-refractivity contribution < 1.29 is 33.4 Å². The molecule has 8 heteroatoms. The third-order valence-electron chi connectivity index (χ3n) is 7.14. The number of Topliss-reactive ketones (excluding diaryl/α,β-unsaturated/α-hetero) is 1. The first-order chi connectivity index (χ1) is 20.8. The first-order valence-electron chi connectivity index (χ1n) is 13.4. The highest BCUT2D eigenvalue weighted by atomic mass is 16.5. The van der Waals surface area contributed by atoms with Crippen LogP contribution in [-0.2, 0) is 4.74 Å². The Hall–Kier alpha value is -5.89. The number of nitrogens with zero attached hydrogens (tertiary/aromatic N) is 1. The monoisotopic (exact) mass is 569 g/mol. The van der Waals surface area contributed by atoms with Gasteiger partial charge >= 0.3 is 11.9 Å². The maximum atomic E-state index is 13.3. The highest BCUT2D eigenvalue weighted by Crippen LogP contribution is 2.34. The average molecular weight is 570 g/mol. The molecule has 0 aliphatic carbocycles. The molecule has 0 saturated carbocycles. The second-order valence-electron chi connectivity index (χ2n) is 9.98. The summed E-state index contributed by atoms with van der Waals surface area (Å²) >= 11 is 0. The van der Waals surface area contributed by atoms with E-state index < -0.39 is 36.1 Å². The number of anilines is 1. The lowest BCUT2D eigenvalue weighted by Gasteiger charge is -2.16. The summed E-state index contributed by atoms with van der Waals surface area (Å²) in [6.45, 7) is 1.37. The van der Waals surface area contributed by atoms with E-state index in [-0.39, 0.29) is 28.0 Å². The quantitative estimate of drug-likeness (QED) is 0.0993. The minimum atomic E-state index is -0.816. The summed E-state index contributed by atoms with van der Waals surface area (Å²) in [6, 6.07) is 29.7. The number of hydrogen-bond donors (Lipinski definition) is 0. The SMILES string of the molecule is Cc1ccc(C(=O)Oc2ccc(C(=O)COC(=O)c3ccc4c(c3)C(=O)N(c3cccc5ccccc35)C4=O)cc2)cc1. The molecule has 6 rings (SSSR count). The van der Waals surface area contributed by atoms with Gasteiger partial charge in [0, 0.05) is 10.9 Å². The second kappa shape index (κ2) is 11.2. The van der Waals surface area contributed by atoms with Crippen molar-refractivity contribution in [3.05, 3.63) is 143 Å². The number of carbonyl (C=O) groups is 5. The second-order valence-corrected chi connectivity index (χ2v) is 9.98. The number of aryl methyl sites for hydroxylation is 1. The highest BCUT2D eigenvalue weighted by molar-refractivity contribution is 6.36. The molecule has 0 radical (unpaired) electrons. The van der Waals surface area contributed by atoms with Crippen LogP contribution in [0.4, 0.5) is 5.69 Å². The Bertz CT molecular complexity index is 1940. The molecule has 2 amide bonds. The molecule has 0 fully saturated rings. The van der Waals surface area contributed by atoms with Gasteiger partial charge < -0.3 is 9.47 Å². The molecule has 1 aliphatic heterocycles. The molecule has 1 aliphatic rings. The Balaban J connectivity index is 1.10. The van der Waals surface area contributed by atoms with Crippen LogP contribution in [0.1, 0.15) is 57.4 Å². The van der Waals surface area contributed by atoms with Gasteiger partial charge in [0.05, 0.1) is 27.9 Å². The lowest BCUT2D eigenvalue weighted by molar-refractivity contribution is 0.0474. The van der Waals surface area contributed by atoms with Crippen molar-refractivity contribution in [3.63, 3.8) is 0 Å². The number of imide groups is 1.